The van der Waals surface area contributed by atoms with Crippen LogP contribution in [0, 0.1) is 12.7 Å². The molecule has 0 aliphatic heterocycles. The Morgan fingerprint density at radius 2 is 2.09 bits per heavy atom. The molecule has 0 amide bonds. The first-order valence-electron chi connectivity index (χ1n) is 7.07. The first-order chi connectivity index (χ1) is 11.2. The monoisotopic (exact) mass is 309 g/mol. The second-order valence-electron chi connectivity index (χ2n) is 5.19. The van der Waals surface area contributed by atoms with E-state index in [1.807, 2.05) is 22.8 Å². The molecule has 7 heteroatoms. The number of pyridine rings is 1. The fourth-order valence-corrected chi connectivity index (χ4v) is 2.56. The van der Waals surface area contributed by atoms with Gasteiger partial charge in [0.15, 0.2) is 17.3 Å². The smallest absolute Gasteiger partial charge is 0.173 e. The number of aromatic nitrogens is 5. The third-order valence-electron chi connectivity index (χ3n) is 3.66. The van der Waals surface area contributed by atoms with Gasteiger partial charge in [-0.3, -0.25) is 4.98 Å². The minimum absolute atomic E-state index is 0.300. The number of aryl methyl sites for hydroxylation is 1. The summed E-state index contributed by atoms with van der Waals surface area (Å²) < 4.78 is 20.8. The van der Waals surface area contributed by atoms with Crippen molar-refractivity contribution in [3.05, 3.63) is 59.8 Å². The van der Waals surface area contributed by atoms with Crippen molar-refractivity contribution >= 4 is 11.0 Å². The predicted octanol–water partition coefficient (Wildman–Crippen LogP) is 2.98. The number of hydrogen-bond acceptors (Lipinski definition) is 5. The van der Waals surface area contributed by atoms with Gasteiger partial charge in [-0.1, -0.05) is 17.3 Å². The number of rotatable bonds is 3. The summed E-state index contributed by atoms with van der Waals surface area (Å²) in [6.07, 6.45) is 3.48. The van der Waals surface area contributed by atoms with Gasteiger partial charge in [-0.15, -0.1) is 0 Å². The fourth-order valence-electron chi connectivity index (χ4n) is 2.56. The molecule has 0 atom stereocenters. The highest BCUT2D eigenvalue weighted by Crippen LogP contribution is 2.27. The van der Waals surface area contributed by atoms with Crippen LogP contribution < -0.4 is 0 Å². The molecule has 3 heterocycles. The standard InChI is InChI=1S/C16H12FN5O/c1-10-14(21-23-20-10)16-19-15-12(17)5-2-6-13(15)22(16)9-11-4-3-7-18-8-11/h2-8H,9H2,1H3. The Morgan fingerprint density at radius 3 is 2.83 bits per heavy atom. The number of nitrogens with zero attached hydrogens (tertiary/aromatic N) is 5. The SMILES string of the molecule is Cc1nonc1-c1nc2c(F)cccc2n1Cc1cccnc1. The van der Waals surface area contributed by atoms with E-state index in [4.69, 9.17) is 4.63 Å². The first-order valence-corrected chi connectivity index (χ1v) is 7.07. The zero-order chi connectivity index (χ0) is 15.8. The van der Waals surface area contributed by atoms with Gasteiger partial charge in [-0.25, -0.2) is 14.0 Å². The van der Waals surface area contributed by atoms with E-state index in [0.717, 1.165) is 5.56 Å². The maximum atomic E-state index is 14.1. The second-order valence-corrected chi connectivity index (χ2v) is 5.19. The molecule has 0 bridgehead atoms. The molecule has 0 aliphatic carbocycles. The largest absolute Gasteiger partial charge is 0.318 e. The molecule has 4 aromatic rings. The van der Waals surface area contributed by atoms with Crippen molar-refractivity contribution in [3.8, 4) is 11.5 Å². The average Bonchev–Trinajstić information content (AvgIpc) is 3.13. The highest BCUT2D eigenvalue weighted by atomic mass is 19.1. The molecule has 114 valence electrons. The van der Waals surface area contributed by atoms with Gasteiger partial charge in [0.05, 0.1) is 12.1 Å². The van der Waals surface area contributed by atoms with Crippen LogP contribution in [-0.2, 0) is 6.54 Å². The van der Waals surface area contributed by atoms with Gasteiger partial charge in [-0.2, -0.15) is 0 Å². The highest BCUT2D eigenvalue weighted by Gasteiger charge is 2.20. The van der Waals surface area contributed by atoms with Crippen molar-refractivity contribution in [1.29, 1.82) is 0 Å². The van der Waals surface area contributed by atoms with Gasteiger partial charge in [0.2, 0.25) is 0 Å². The Kier molecular flexibility index (Phi) is 3.11. The van der Waals surface area contributed by atoms with Gasteiger partial charge < -0.3 is 4.57 Å². The van der Waals surface area contributed by atoms with Crippen LogP contribution in [-0.4, -0.2) is 24.8 Å². The normalized spacial score (nSPS) is 11.2. The zero-order valence-corrected chi connectivity index (χ0v) is 12.3. The molecular formula is C16H12FN5O. The van der Waals surface area contributed by atoms with E-state index < -0.39 is 0 Å². The lowest BCUT2D eigenvalue weighted by molar-refractivity contribution is 0.305. The lowest BCUT2D eigenvalue weighted by Crippen LogP contribution is -2.03. The third-order valence-corrected chi connectivity index (χ3v) is 3.66. The molecule has 4 rings (SSSR count). The van der Waals surface area contributed by atoms with Gasteiger partial charge in [0.25, 0.3) is 0 Å². The Morgan fingerprint density at radius 1 is 1.17 bits per heavy atom. The summed E-state index contributed by atoms with van der Waals surface area (Å²) in [5, 5.41) is 7.69. The second kappa shape index (κ2) is 5.28. The summed E-state index contributed by atoms with van der Waals surface area (Å²) in [6.45, 7) is 2.27. The number of para-hydroxylation sites is 1. The van der Waals surface area contributed by atoms with Crippen molar-refractivity contribution in [1.82, 2.24) is 24.8 Å². The average molecular weight is 309 g/mol. The molecule has 0 fully saturated rings. The number of halogens is 1. The molecule has 0 aliphatic rings. The van der Waals surface area contributed by atoms with Crippen LogP contribution in [0.2, 0.25) is 0 Å². The van der Waals surface area contributed by atoms with Gasteiger partial charge in [-0.05, 0) is 35.8 Å². The van der Waals surface area contributed by atoms with Crippen LogP contribution in [0.5, 0.6) is 0 Å². The summed E-state index contributed by atoms with van der Waals surface area (Å²) in [7, 11) is 0. The van der Waals surface area contributed by atoms with E-state index in [0.29, 0.717) is 34.8 Å². The lowest BCUT2D eigenvalue weighted by Gasteiger charge is -2.07. The van der Waals surface area contributed by atoms with Crippen LogP contribution in [0.15, 0.2) is 47.4 Å². The maximum Gasteiger partial charge on any atom is 0.173 e. The summed E-state index contributed by atoms with van der Waals surface area (Å²) >= 11 is 0. The summed E-state index contributed by atoms with van der Waals surface area (Å²) in [5.74, 6) is 0.149. The molecule has 0 saturated heterocycles. The van der Waals surface area contributed by atoms with Crippen LogP contribution in [0.25, 0.3) is 22.6 Å². The Hall–Kier alpha value is -3.09. The van der Waals surface area contributed by atoms with Crippen LogP contribution >= 0.6 is 0 Å². The number of hydrogen-bond donors (Lipinski definition) is 0. The van der Waals surface area contributed by atoms with Crippen molar-refractivity contribution in [2.45, 2.75) is 13.5 Å². The number of imidazole rings is 1. The maximum absolute atomic E-state index is 14.1. The Balaban J connectivity index is 1.96. The van der Waals surface area contributed by atoms with Gasteiger partial charge >= 0.3 is 0 Å². The molecule has 23 heavy (non-hydrogen) atoms. The minimum Gasteiger partial charge on any atom is -0.318 e. The number of benzene rings is 1. The topological polar surface area (TPSA) is 69.6 Å². The molecule has 0 N–H and O–H groups in total. The predicted molar refractivity (Wildman–Crippen MR) is 81.1 cm³/mol. The fraction of sp³-hybridized carbons (Fsp3) is 0.125. The van der Waals surface area contributed by atoms with Gasteiger partial charge in [0.1, 0.15) is 11.2 Å². The number of fused-ring (bicyclic) bond motifs is 1. The molecule has 0 spiro atoms. The lowest BCUT2D eigenvalue weighted by atomic mass is 10.2. The van der Waals surface area contributed by atoms with E-state index in [9.17, 15) is 4.39 Å². The summed E-state index contributed by atoms with van der Waals surface area (Å²) in [4.78, 5) is 8.54. The Labute approximate surface area is 130 Å². The Bertz CT molecular complexity index is 977. The van der Waals surface area contributed by atoms with E-state index in [1.54, 1.807) is 25.4 Å². The zero-order valence-electron chi connectivity index (χ0n) is 12.3. The molecule has 0 unspecified atom stereocenters. The molecule has 3 aromatic heterocycles. The third kappa shape index (κ3) is 2.26. The van der Waals surface area contributed by atoms with E-state index in [-0.39, 0.29) is 5.82 Å². The van der Waals surface area contributed by atoms with Gasteiger partial charge in [0, 0.05) is 12.4 Å². The van der Waals surface area contributed by atoms with Crippen molar-refractivity contribution in [2.75, 3.05) is 0 Å². The summed E-state index contributed by atoms with van der Waals surface area (Å²) in [5.41, 5.74) is 3.07. The van der Waals surface area contributed by atoms with Crippen molar-refractivity contribution < 1.29 is 9.02 Å². The van der Waals surface area contributed by atoms with E-state index in [2.05, 4.69) is 20.3 Å². The minimum atomic E-state index is -0.372. The van der Waals surface area contributed by atoms with E-state index >= 15 is 0 Å². The highest BCUT2D eigenvalue weighted by molar-refractivity contribution is 5.81. The van der Waals surface area contributed by atoms with Crippen LogP contribution in [0.1, 0.15) is 11.3 Å². The van der Waals surface area contributed by atoms with Crippen molar-refractivity contribution in [2.24, 2.45) is 0 Å². The molecule has 6 nitrogen and oxygen atoms in total. The van der Waals surface area contributed by atoms with Crippen molar-refractivity contribution in [3.63, 3.8) is 0 Å². The quantitative estimate of drug-likeness (QED) is 0.582. The molecular weight excluding hydrogens is 297 g/mol. The van der Waals surface area contributed by atoms with Crippen LogP contribution in [0.3, 0.4) is 0 Å². The van der Waals surface area contributed by atoms with E-state index in [1.165, 1.54) is 6.07 Å². The first kappa shape index (κ1) is 13.6. The summed E-state index contributed by atoms with van der Waals surface area (Å²) in [6, 6.07) is 8.69. The molecule has 0 saturated carbocycles. The molecule has 0 radical (unpaired) electrons. The molecule has 1 aromatic carbocycles. The van der Waals surface area contributed by atoms with Crippen LogP contribution in [0.4, 0.5) is 4.39 Å².